The van der Waals surface area contributed by atoms with Crippen LogP contribution >= 0.6 is 28.1 Å². The van der Waals surface area contributed by atoms with Crippen molar-refractivity contribution in [3.05, 3.63) is 70.7 Å². The first-order chi connectivity index (χ1) is 15.0. The fourth-order valence-electron chi connectivity index (χ4n) is 2.79. The molecule has 0 aliphatic rings. The molecular formula is C22H20BrN3O4S. The van der Waals surface area contributed by atoms with E-state index in [4.69, 9.17) is 21.7 Å². The fourth-order valence-corrected chi connectivity index (χ4v) is 3.29. The second-order valence-corrected chi connectivity index (χ2v) is 7.62. The maximum absolute atomic E-state index is 12.5. The molecule has 7 nitrogen and oxygen atoms in total. The highest BCUT2D eigenvalue weighted by Crippen LogP contribution is 2.25. The molecule has 0 saturated carbocycles. The molecule has 0 heterocycles. The van der Waals surface area contributed by atoms with Crippen molar-refractivity contribution in [2.45, 2.75) is 6.92 Å². The third-order valence-electron chi connectivity index (χ3n) is 4.14. The van der Waals surface area contributed by atoms with Crippen LogP contribution in [0.4, 0.5) is 0 Å². The van der Waals surface area contributed by atoms with Crippen molar-refractivity contribution in [1.82, 2.24) is 16.2 Å². The smallest absolute Gasteiger partial charge is 0.276 e. The normalized spacial score (nSPS) is 10.3. The zero-order valence-electron chi connectivity index (χ0n) is 16.6. The molecule has 3 aromatic rings. The van der Waals surface area contributed by atoms with Crippen LogP contribution in [-0.2, 0) is 4.79 Å². The number of hydrazine groups is 1. The average molecular weight is 502 g/mol. The number of carbonyl (C=O) groups excluding carboxylic acids is 2. The van der Waals surface area contributed by atoms with E-state index in [9.17, 15) is 9.59 Å². The molecule has 9 heteroatoms. The van der Waals surface area contributed by atoms with Gasteiger partial charge in [-0.1, -0.05) is 52.3 Å². The largest absolute Gasteiger partial charge is 0.493 e. The molecule has 0 aliphatic heterocycles. The van der Waals surface area contributed by atoms with E-state index in [1.165, 1.54) is 0 Å². The van der Waals surface area contributed by atoms with Gasteiger partial charge in [0.05, 0.1) is 12.2 Å². The average Bonchev–Trinajstić information content (AvgIpc) is 2.77. The van der Waals surface area contributed by atoms with Gasteiger partial charge in [-0.15, -0.1) is 0 Å². The topological polar surface area (TPSA) is 88.7 Å². The van der Waals surface area contributed by atoms with Gasteiger partial charge in [0, 0.05) is 9.86 Å². The first kappa shape index (κ1) is 22.5. The zero-order chi connectivity index (χ0) is 22.2. The maximum atomic E-state index is 12.5. The second-order valence-electron chi connectivity index (χ2n) is 6.30. The maximum Gasteiger partial charge on any atom is 0.276 e. The van der Waals surface area contributed by atoms with Gasteiger partial charge in [-0.2, -0.15) is 0 Å². The number of thiocarbonyl (C=S) groups is 1. The lowest BCUT2D eigenvalue weighted by Gasteiger charge is -2.14. The molecule has 3 aromatic carbocycles. The number of nitrogens with one attached hydrogen (secondary N) is 3. The monoisotopic (exact) mass is 501 g/mol. The van der Waals surface area contributed by atoms with Gasteiger partial charge in [-0.3, -0.25) is 25.8 Å². The van der Waals surface area contributed by atoms with Gasteiger partial charge in [-0.25, -0.2) is 0 Å². The van der Waals surface area contributed by atoms with Crippen LogP contribution in [0.2, 0.25) is 0 Å². The van der Waals surface area contributed by atoms with Crippen LogP contribution in [0.3, 0.4) is 0 Å². The Morgan fingerprint density at radius 3 is 2.55 bits per heavy atom. The summed E-state index contributed by atoms with van der Waals surface area (Å²) in [6.07, 6.45) is 0. The van der Waals surface area contributed by atoms with Gasteiger partial charge in [0.1, 0.15) is 11.5 Å². The van der Waals surface area contributed by atoms with Crippen LogP contribution in [0.25, 0.3) is 10.8 Å². The number of hydrogen-bond acceptors (Lipinski definition) is 5. The zero-order valence-corrected chi connectivity index (χ0v) is 19.0. The SMILES string of the molecule is CCOc1ccc(Br)cc1C(=O)NC(=S)NNC(=O)COc1cccc2ccccc12. The molecule has 0 saturated heterocycles. The van der Waals surface area contributed by atoms with Crippen LogP contribution in [0.1, 0.15) is 17.3 Å². The minimum atomic E-state index is -0.469. The minimum Gasteiger partial charge on any atom is -0.493 e. The van der Waals surface area contributed by atoms with Crippen molar-refractivity contribution in [2.75, 3.05) is 13.2 Å². The summed E-state index contributed by atoms with van der Waals surface area (Å²) < 4.78 is 11.8. The van der Waals surface area contributed by atoms with E-state index >= 15 is 0 Å². The highest BCUT2D eigenvalue weighted by molar-refractivity contribution is 9.10. The first-order valence-corrected chi connectivity index (χ1v) is 10.6. The molecule has 0 aromatic heterocycles. The Morgan fingerprint density at radius 2 is 1.74 bits per heavy atom. The molecule has 0 aliphatic carbocycles. The van der Waals surface area contributed by atoms with Gasteiger partial charge in [0.2, 0.25) is 0 Å². The third kappa shape index (κ3) is 6.16. The summed E-state index contributed by atoms with van der Waals surface area (Å²) >= 11 is 8.41. The number of fused-ring (bicyclic) bond motifs is 1. The van der Waals surface area contributed by atoms with E-state index in [1.54, 1.807) is 24.3 Å². The fraction of sp³-hybridized carbons (Fsp3) is 0.136. The molecule has 160 valence electrons. The number of amides is 2. The molecular weight excluding hydrogens is 482 g/mol. The Bertz CT molecular complexity index is 1120. The predicted molar refractivity (Wildman–Crippen MR) is 126 cm³/mol. The van der Waals surface area contributed by atoms with Crippen molar-refractivity contribution in [3.63, 3.8) is 0 Å². The van der Waals surface area contributed by atoms with Crippen molar-refractivity contribution in [2.24, 2.45) is 0 Å². The summed E-state index contributed by atoms with van der Waals surface area (Å²) in [6, 6.07) is 18.4. The van der Waals surface area contributed by atoms with E-state index in [1.807, 2.05) is 43.3 Å². The molecule has 0 fully saturated rings. The molecule has 3 rings (SSSR count). The number of ether oxygens (including phenoxy) is 2. The summed E-state index contributed by atoms with van der Waals surface area (Å²) in [7, 11) is 0. The van der Waals surface area contributed by atoms with Crippen LogP contribution in [0, 0.1) is 0 Å². The van der Waals surface area contributed by atoms with Crippen molar-refractivity contribution in [1.29, 1.82) is 0 Å². The molecule has 31 heavy (non-hydrogen) atoms. The van der Waals surface area contributed by atoms with Crippen molar-refractivity contribution >= 4 is 55.8 Å². The standard InChI is InChI=1S/C22H20BrN3O4S/c1-2-29-19-11-10-15(23)12-17(19)21(28)24-22(31)26-25-20(27)13-30-18-9-5-7-14-6-3-4-8-16(14)18/h3-12H,2,13H2,1H3,(H,25,27)(H2,24,26,28,31). The van der Waals surface area contributed by atoms with E-state index in [-0.39, 0.29) is 11.7 Å². The molecule has 0 unspecified atom stereocenters. The summed E-state index contributed by atoms with van der Waals surface area (Å²) in [6.45, 7) is 2.01. The van der Waals surface area contributed by atoms with Crippen LogP contribution < -0.4 is 25.6 Å². The summed E-state index contributed by atoms with van der Waals surface area (Å²) in [5.41, 5.74) is 5.20. The Labute approximate surface area is 193 Å². The summed E-state index contributed by atoms with van der Waals surface area (Å²) in [5.74, 6) is 0.103. The van der Waals surface area contributed by atoms with Crippen molar-refractivity contribution in [3.8, 4) is 11.5 Å². The van der Waals surface area contributed by atoms with Gasteiger partial charge < -0.3 is 9.47 Å². The van der Waals surface area contributed by atoms with E-state index in [0.717, 1.165) is 15.2 Å². The van der Waals surface area contributed by atoms with Crippen molar-refractivity contribution < 1.29 is 19.1 Å². The Balaban J connectivity index is 1.51. The number of carbonyl (C=O) groups is 2. The van der Waals surface area contributed by atoms with E-state index in [2.05, 4.69) is 32.1 Å². The Hall–Kier alpha value is -3.17. The van der Waals surface area contributed by atoms with Crippen LogP contribution in [-0.4, -0.2) is 30.1 Å². The van der Waals surface area contributed by atoms with Gasteiger partial charge in [0.15, 0.2) is 11.7 Å². The summed E-state index contributed by atoms with van der Waals surface area (Å²) in [4.78, 5) is 24.6. The third-order valence-corrected chi connectivity index (χ3v) is 4.83. The first-order valence-electron chi connectivity index (χ1n) is 9.41. The molecule has 2 amide bonds. The number of rotatable bonds is 6. The number of halogens is 1. The molecule has 0 spiro atoms. The number of hydrogen-bond donors (Lipinski definition) is 3. The highest BCUT2D eigenvalue weighted by atomic mass is 79.9. The Morgan fingerprint density at radius 1 is 0.968 bits per heavy atom. The molecule has 3 N–H and O–H groups in total. The molecule has 0 atom stereocenters. The predicted octanol–water partition coefficient (Wildman–Crippen LogP) is 3.72. The second kappa shape index (κ2) is 10.7. The lowest BCUT2D eigenvalue weighted by atomic mass is 10.1. The van der Waals surface area contributed by atoms with Gasteiger partial charge >= 0.3 is 0 Å². The number of benzene rings is 3. The van der Waals surface area contributed by atoms with Crippen LogP contribution in [0.5, 0.6) is 11.5 Å². The lowest BCUT2D eigenvalue weighted by Crippen LogP contribution is -2.49. The highest BCUT2D eigenvalue weighted by Gasteiger charge is 2.15. The van der Waals surface area contributed by atoms with E-state index in [0.29, 0.717) is 23.7 Å². The minimum absolute atomic E-state index is 0.0639. The molecule has 0 bridgehead atoms. The lowest BCUT2D eigenvalue weighted by molar-refractivity contribution is -0.123. The molecule has 0 radical (unpaired) electrons. The Kier molecular flexibility index (Phi) is 7.80. The van der Waals surface area contributed by atoms with Gasteiger partial charge in [-0.05, 0) is 48.8 Å². The van der Waals surface area contributed by atoms with Gasteiger partial charge in [0.25, 0.3) is 11.8 Å². The quantitative estimate of drug-likeness (QED) is 0.352. The van der Waals surface area contributed by atoms with Crippen LogP contribution in [0.15, 0.2) is 65.1 Å². The summed E-state index contributed by atoms with van der Waals surface area (Å²) in [5, 5.41) is 4.36. The van der Waals surface area contributed by atoms with E-state index < -0.39 is 11.8 Å².